The maximum absolute atomic E-state index is 5.49. The molecule has 0 radical (unpaired) electrons. The van der Waals surface area contributed by atoms with Crippen molar-refractivity contribution in [1.82, 2.24) is 14.5 Å². The second-order valence-corrected chi connectivity index (χ2v) is 6.32. The number of likely N-dealkylation sites (tertiary alicyclic amines) is 1. The van der Waals surface area contributed by atoms with Gasteiger partial charge in [0.1, 0.15) is 0 Å². The van der Waals surface area contributed by atoms with Crippen LogP contribution in [-0.2, 0) is 0 Å². The highest BCUT2D eigenvalue weighted by Crippen LogP contribution is 2.27. The number of rotatable bonds is 1. The van der Waals surface area contributed by atoms with Gasteiger partial charge in [0.2, 0.25) is 0 Å². The van der Waals surface area contributed by atoms with Gasteiger partial charge in [0.15, 0.2) is 4.77 Å². The van der Waals surface area contributed by atoms with Crippen molar-refractivity contribution in [2.45, 2.75) is 18.9 Å². The number of fused-ring (bicyclic) bond motifs is 1. The van der Waals surface area contributed by atoms with Gasteiger partial charge in [-0.2, -0.15) is 0 Å². The van der Waals surface area contributed by atoms with E-state index >= 15 is 0 Å². The van der Waals surface area contributed by atoms with Crippen molar-refractivity contribution >= 4 is 39.2 Å². The molecule has 0 amide bonds. The van der Waals surface area contributed by atoms with Crippen molar-refractivity contribution in [2.24, 2.45) is 0 Å². The highest BCUT2D eigenvalue weighted by Gasteiger charge is 2.21. The van der Waals surface area contributed by atoms with Gasteiger partial charge in [0.05, 0.1) is 11.0 Å². The Kier molecular flexibility index (Phi) is 3.30. The summed E-state index contributed by atoms with van der Waals surface area (Å²) in [6, 6.07) is 6.76. The first-order valence-electron chi connectivity index (χ1n) is 6.23. The van der Waals surface area contributed by atoms with Crippen LogP contribution >= 0.6 is 28.1 Å². The minimum atomic E-state index is 0.485. The lowest BCUT2D eigenvalue weighted by atomic mass is 10.1. The second kappa shape index (κ2) is 4.79. The summed E-state index contributed by atoms with van der Waals surface area (Å²) >= 11 is 9.03. The van der Waals surface area contributed by atoms with Crippen LogP contribution < -0.4 is 0 Å². The number of imidazole rings is 1. The number of nitrogens with one attached hydrogen (secondary N) is 1. The Morgan fingerprint density at radius 3 is 3.06 bits per heavy atom. The van der Waals surface area contributed by atoms with Gasteiger partial charge in [-0.15, -0.1) is 0 Å². The number of likely N-dealkylation sites (N-methyl/N-ethyl adjacent to an activating group) is 1. The topological polar surface area (TPSA) is 24.0 Å². The third kappa shape index (κ3) is 2.15. The molecule has 0 bridgehead atoms. The monoisotopic (exact) mass is 325 g/mol. The largest absolute Gasteiger partial charge is 0.331 e. The summed E-state index contributed by atoms with van der Waals surface area (Å²) in [6.45, 7) is 2.27. The molecule has 1 aromatic carbocycles. The number of aromatic amines is 1. The fourth-order valence-corrected chi connectivity index (χ4v) is 3.51. The number of H-pyrrole nitrogens is 1. The van der Waals surface area contributed by atoms with E-state index in [0.29, 0.717) is 6.04 Å². The Bertz CT molecular complexity index is 631. The Hall–Kier alpha value is -0.650. The summed E-state index contributed by atoms with van der Waals surface area (Å²) in [4.78, 5) is 5.69. The Balaban J connectivity index is 2.12. The van der Waals surface area contributed by atoms with Crippen molar-refractivity contribution in [3.8, 4) is 0 Å². The maximum atomic E-state index is 5.49. The third-order valence-corrected chi connectivity index (χ3v) is 4.44. The SMILES string of the molecule is CN1CCCC(n2c(=S)[nH]c3ccc(Br)cc32)C1. The molecule has 2 aromatic rings. The molecule has 1 atom stereocenters. The van der Waals surface area contributed by atoms with E-state index in [1.165, 1.54) is 24.9 Å². The molecule has 1 N–H and O–H groups in total. The molecule has 96 valence electrons. The lowest BCUT2D eigenvalue weighted by Crippen LogP contribution is -2.33. The van der Waals surface area contributed by atoms with Crippen LogP contribution in [0.5, 0.6) is 0 Å². The van der Waals surface area contributed by atoms with Crippen molar-refractivity contribution in [2.75, 3.05) is 20.1 Å². The molecule has 1 saturated heterocycles. The Morgan fingerprint density at radius 1 is 1.44 bits per heavy atom. The summed E-state index contributed by atoms with van der Waals surface area (Å²) in [5.41, 5.74) is 2.33. The minimum absolute atomic E-state index is 0.485. The lowest BCUT2D eigenvalue weighted by Gasteiger charge is -2.30. The van der Waals surface area contributed by atoms with E-state index < -0.39 is 0 Å². The van der Waals surface area contributed by atoms with E-state index in [4.69, 9.17) is 12.2 Å². The summed E-state index contributed by atoms with van der Waals surface area (Å²) < 4.78 is 4.22. The van der Waals surface area contributed by atoms with Crippen LogP contribution in [0, 0.1) is 4.77 Å². The molecule has 1 unspecified atom stereocenters. The molecular weight excluding hydrogens is 310 g/mol. The van der Waals surface area contributed by atoms with Gasteiger partial charge in [-0.3, -0.25) is 0 Å². The molecule has 1 aromatic heterocycles. The van der Waals surface area contributed by atoms with Crippen molar-refractivity contribution in [1.29, 1.82) is 0 Å². The normalized spacial score (nSPS) is 21.6. The standard InChI is InChI=1S/C13H16BrN3S/c1-16-6-2-3-10(8-16)17-12-7-9(14)4-5-11(12)15-13(17)18/h4-5,7,10H,2-3,6,8H2,1H3,(H,15,18). The van der Waals surface area contributed by atoms with Crippen molar-refractivity contribution in [3.63, 3.8) is 0 Å². The number of aromatic nitrogens is 2. The smallest absolute Gasteiger partial charge is 0.178 e. The molecule has 3 nitrogen and oxygen atoms in total. The third-order valence-electron chi connectivity index (χ3n) is 3.64. The van der Waals surface area contributed by atoms with Crippen LogP contribution in [0.3, 0.4) is 0 Å². The number of hydrogen-bond acceptors (Lipinski definition) is 2. The van der Waals surface area contributed by atoms with E-state index in [-0.39, 0.29) is 0 Å². The van der Waals surface area contributed by atoms with Crippen LogP contribution in [0.4, 0.5) is 0 Å². The fourth-order valence-electron chi connectivity index (χ4n) is 2.81. The quantitative estimate of drug-likeness (QED) is 0.808. The average Bonchev–Trinajstić information content (AvgIpc) is 2.64. The molecule has 0 saturated carbocycles. The highest BCUT2D eigenvalue weighted by molar-refractivity contribution is 9.10. The zero-order valence-electron chi connectivity index (χ0n) is 10.3. The summed E-state index contributed by atoms with van der Waals surface area (Å²) in [6.07, 6.45) is 2.45. The van der Waals surface area contributed by atoms with Gasteiger partial charge >= 0.3 is 0 Å². The molecule has 18 heavy (non-hydrogen) atoms. The number of nitrogens with zero attached hydrogens (tertiary/aromatic N) is 2. The number of halogens is 1. The van der Waals surface area contributed by atoms with E-state index in [2.05, 4.69) is 49.6 Å². The first-order valence-corrected chi connectivity index (χ1v) is 7.43. The van der Waals surface area contributed by atoms with Gasteiger partial charge in [-0.05, 0) is 56.9 Å². The molecule has 2 heterocycles. The number of benzene rings is 1. The van der Waals surface area contributed by atoms with Crippen LogP contribution in [0.25, 0.3) is 11.0 Å². The van der Waals surface area contributed by atoms with Gasteiger partial charge in [-0.1, -0.05) is 15.9 Å². The zero-order valence-corrected chi connectivity index (χ0v) is 12.7. The molecule has 1 aliphatic rings. The van der Waals surface area contributed by atoms with Crippen LogP contribution in [-0.4, -0.2) is 34.6 Å². The predicted molar refractivity (Wildman–Crippen MR) is 80.6 cm³/mol. The molecule has 1 aliphatic heterocycles. The van der Waals surface area contributed by atoms with Gasteiger partial charge in [-0.25, -0.2) is 0 Å². The first-order chi connectivity index (χ1) is 8.65. The Morgan fingerprint density at radius 2 is 2.28 bits per heavy atom. The van der Waals surface area contributed by atoms with Gasteiger partial charge in [0.25, 0.3) is 0 Å². The van der Waals surface area contributed by atoms with Gasteiger partial charge in [0, 0.05) is 17.1 Å². The molecule has 0 aliphatic carbocycles. The van der Waals surface area contributed by atoms with Crippen LogP contribution in [0.15, 0.2) is 22.7 Å². The van der Waals surface area contributed by atoms with Crippen LogP contribution in [0.1, 0.15) is 18.9 Å². The van der Waals surface area contributed by atoms with Crippen molar-refractivity contribution < 1.29 is 0 Å². The molecular formula is C13H16BrN3S. The summed E-state index contributed by atoms with van der Waals surface area (Å²) in [5.74, 6) is 0. The minimum Gasteiger partial charge on any atom is -0.331 e. The first kappa shape index (κ1) is 12.4. The lowest BCUT2D eigenvalue weighted by molar-refractivity contribution is 0.214. The highest BCUT2D eigenvalue weighted by atomic mass is 79.9. The Labute approximate surface area is 120 Å². The molecule has 0 spiro atoms. The van der Waals surface area contributed by atoms with Crippen LogP contribution in [0.2, 0.25) is 0 Å². The maximum Gasteiger partial charge on any atom is 0.178 e. The number of piperidine rings is 1. The second-order valence-electron chi connectivity index (χ2n) is 5.02. The van der Waals surface area contributed by atoms with E-state index in [9.17, 15) is 0 Å². The van der Waals surface area contributed by atoms with Crippen molar-refractivity contribution in [3.05, 3.63) is 27.4 Å². The predicted octanol–water partition coefficient (Wildman–Crippen LogP) is 3.73. The average molecular weight is 326 g/mol. The summed E-state index contributed by atoms with van der Waals surface area (Å²) in [5, 5.41) is 0. The summed E-state index contributed by atoms with van der Waals surface area (Å²) in [7, 11) is 2.18. The molecule has 5 heteroatoms. The zero-order chi connectivity index (χ0) is 12.7. The van der Waals surface area contributed by atoms with E-state index in [0.717, 1.165) is 21.3 Å². The van der Waals surface area contributed by atoms with Gasteiger partial charge < -0.3 is 14.5 Å². The van der Waals surface area contributed by atoms with E-state index in [1.807, 2.05) is 6.07 Å². The number of hydrogen-bond donors (Lipinski definition) is 1. The fraction of sp³-hybridized carbons (Fsp3) is 0.462. The van der Waals surface area contributed by atoms with E-state index in [1.54, 1.807) is 0 Å². The molecule has 1 fully saturated rings. The molecule has 3 rings (SSSR count).